The van der Waals surface area contributed by atoms with Crippen LogP contribution in [0.1, 0.15) is 38.1 Å². The minimum absolute atomic E-state index is 0.0378. The van der Waals surface area contributed by atoms with Gasteiger partial charge in [-0.3, -0.25) is 9.59 Å². The van der Waals surface area contributed by atoms with Gasteiger partial charge in [0.2, 0.25) is 5.91 Å². The summed E-state index contributed by atoms with van der Waals surface area (Å²) >= 11 is 0. The fourth-order valence-corrected chi connectivity index (χ4v) is 3.53. The summed E-state index contributed by atoms with van der Waals surface area (Å²) in [6.45, 7) is 13.6. The first-order valence-electron chi connectivity index (χ1n) is 9.64. The Morgan fingerprint density at radius 3 is 2.71 bits per heavy atom. The number of nitrogens with one attached hydrogen (secondary N) is 2. The number of rotatable bonds is 5. The number of H-pyrrole nitrogens is 1. The van der Waals surface area contributed by atoms with Crippen molar-refractivity contribution in [2.75, 3.05) is 24.5 Å². The van der Waals surface area contributed by atoms with Crippen molar-refractivity contribution in [1.82, 2.24) is 25.2 Å². The van der Waals surface area contributed by atoms with Crippen LogP contribution in [0.25, 0.3) is 11.2 Å². The average Bonchev–Trinajstić information content (AvgIpc) is 3.09. The van der Waals surface area contributed by atoms with Gasteiger partial charge in [-0.15, -0.1) is 0 Å². The third-order valence-electron chi connectivity index (χ3n) is 5.00. The second kappa shape index (κ2) is 8.00. The lowest BCUT2D eigenvalue weighted by Gasteiger charge is -2.43. The molecule has 0 aromatic carbocycles. The molecule has 1 saturated heterocycles. The minimum Gasteiger partial charge on any atom is -0.351 e. The van der Waals surface area contributed by atoms with Crippen LogP contribution < -0.4 is 10.2 Å². The van der Waals surface area contributed by atoms with E-state index in [-0.39, 0.29) is 23.9 Å². The van der Waals surface area contributed by atoms with Gasteiger partial charge in [-0.2, -0.15) is 0 Å². The number of aromatic nitrogens is 3. The molecule has 8 heteroatoms. The molecule has 1 unspecified atom stereocenters. The Balaban J connectivity index is 1.88. The third kappa shape index (κ3) is 3.85. The summed E-state index contributed by atoms with van der Waals surface area (Å²) in [6, 6.07) is 0.0996. The molecule has 0 radical (unpaired) electrons. The van der Waals surface area contributed by atoms with Gasteiger partial charge in [0.15, 0.2) is 5.65 Å². The fourth-order valence-electron chi connectivity index (χ4n) is 3.53. The second-order valence-corrected chi connectivity index (χ2v) is 7.75. The molecule has 1 fully saturated rings. The summed E-state index contributed by atoms with van der Waals surface area (Å²) < 4.78 is 0. The lowest BCUT2D eigenvalue weighted by atomic mass is 9.99. The number of carbonyl (C=O) groups is 2. The van der Waals surface area contributed by atoms with Gasteiger partial charge < -0.3 is 20.1 Å². The van der Waals surface area contributed by atoms with Gasteiger partial charge in [-0.05, 0) is 25.8 Å². The van der Waals surface area contributed by atoms with Crippen molar-refractivity contribution in [3.05, 3.63) is 30.6 Å². The number of fused-ring (bicyclic) bond motifs is 1. The molecule has 28 heavy (non-hydrogen) atoms. The van der Waals surface area contributed by atoms with Crippen LogP contribution in [0.3, 0.4) is 0 Å². The third-order valence-corrected chi connectivity index (χ3v) is 5.00. The van der Waals surface area contributed by atoms with Crippen molar-refractivity contribution in [1.29, 1.82) is 0 Å². The standard InChI is InChI=1S/C20H28N6O2/c1-6-17(27)26-8-7-25(11-15(26)12(2)3)16-10-22-19-18(24-16)14(9-21-19)20(28)23-13(4)5/h6,9-10,12-13,15H,1,7-8,11H2,2-5H3,(H,21,22)(H,23,28). The van der Waals surface area contributed by atoms with E-state index in [1.165, 1.54) is 6.08 Å². The number of piperazine rings is 1. The van der Waals surface area contributed by atoms with E-state index in [1.54, 1.807) is 12.4 Å². The maximum Gasteiger partial charge on any atom is 0.255 e. The van der Waals surface area contributed by atoms with Gasteiger partial charge in [0.1, 0.15) is 11.3 Å². The molecule has 2 amide bonds. The molecule has 2 aromatic rings. The van der Waals surface area contributed by atoms with Crippen LogP contribution in [0.5, 0.6) is 0 Å². The number of anilines is 1. The molecule has 2 aromatic heterocycles. The van der Waals surface area contributed by atoms with Crippen LogP contribution >= 0.6 is 0 Å². The van der Waals surface area contributed by atoms with Gasteiger partial charge in [-0.1, -0.05) is 20.4 Å². The van der Waals surface area contributed by atoms with Crippen molar-refractivity contribution in [3.63, 3.8) is 0 Å². The molecule has 2 N–H and O–H groups in total. The molecule has 0 spiro atoms. The highest BCUT2D eigenvalue weighted by atomic mass is 16.2. The monoisotopic (exact) mass is 384 g/mol. The molecule has 1 aliphatic heterocycles. The quantitative estimate of drug-likeness (QED) is 0.769. The Hall–Kier alpha value is -2.90. The first kappa shape index (κ1) is 19.9. The molecular formula is C20H28N6O2. The van der Waals surface area contributed by atoms with Crippen LogP contribution in [0, 0.1) is 5.92 Å². The largest absolute Gasteiger partial charge is 0.351 e. The summed E-state index contributed by atoms with van der Waals surface area (Å²) in [5, 5.41) is 2.89. The number of nitrogens with zero attached hydrogens (tertiary/aromatic N) is 4. The van der Waals surface area contributed by atoms with E-state index in [2.05, 4.69) is 40.6 Å². The van der Waals surface area contributed by atoms with Gasteiger partial charge in [-0.25, -0.2) is 9.97 Å². The lowest BCUT2D eigenvalue weighted by molar-refractivity contribution is -0.129. The maximum atomic E-state index is 12.4. The number of hydrogen-bond donors (Lipinski definition) is 2. The predicted molar refractivity (Wildman–Crippen MR) is 109 cm³/mol. The van der Waals surface area contributed by atoms with Crippen molar-refractivity contribution in [3.8, 4) is 0 Å². The highest BCUT2D eigenvalue weighted by Gasteiger charge is 2.32. The average molecular weight is 384 g/mol. The summed E-state index contributed by atoms with van der Waals surface area (Å²) in [4.78, 5) is 40.8. The SMILES string of the molecule is C=CC(=O)N1CCN(c2cnc3[nH]cc(C(=O)NC(C)C)c3n2)CC1C(C)C. The number of hydrogen-bond acceptors (Lipinski definition) is 5. The zero-order chi connectivity index (χ0) is 20.4. The van der Waals surface area contributed by atoms with E-state index in [1.807, 2.05) is 18.7 Å². The molecule has 0 bridgehead atoms. The summed E-state index contributed by atoms with van der Waals surface area (Å²) in [6.07, 6.45) is 4.73. The van der Waals surface area contributed by atoms with E-state index >= 15 is 0 Å². The molecule has 8 nitrogen and oxygen atoms in total. The Bertz CT molecular complexity index is 888. The first-order chi connectivity index (χ1) is 13.3. The highest BCUT2D eigenvalue weighted by Crippen LogP contribution is 2.24. The van der Waals surface area contributed by atoms with Crippen LogP contribution in [0.2, 0.25) is 0 Å². The Kier molecular flexibility index (Phi) is 5.67. The second-order valence-electron chi connectivity index (χ2n) is 7.75. The molecule has 150 valence electrons. The van der Waals surface area contributed by atoms with Crippen LogP contribution in [0.15, 0.2) is 25.0 Å². The smallest absolute Gasteiger partial charge is 0.255 e. The number of amides is 2. The van der Waals surface area contributed by atoms with E-state index < -0.39 is 0 Å². The van der Waals surface area contributed by atoms with Crippen LogP contribution in [0.4, 0.5) is 5.82 Å². The first-order valence-corrected chi connectivity index (χ1v) is 9.64. The summed E-state index contributed by atoms with van der Waals surface area (Å²) in [5.74, 6) is 0.789. The topological polar surface area (TPSA) is 94.2 Å². The molecule has 3 rings (SSSR count). The van der Waals surface area contributed by atoms with Crippen molar-refractivity contribution in [2.45, 2.75) is 39.8 Å². The minimum atomic E-state index is -0.172. The number of carbonyl (C=O) groups excluding carboxylic acids is 2. The normalized spacial score (nSPS) is 17.4. The van der Waals surface area contributed by atoms with Gasteiger partial charge in [0, 0.05) is 31.9 Å². The molecular weight excluding hydrogens is 356 g/mol. The van der Waals surface area contributed by atoms with Crippen LogP contribution in [-0.4, -0.2) is 63.4 Å². The van der Waals surface area contributed by atoms with Gasteiger partial charge in [0.25, 0.3) is 5.91 Å². The Labute approximate surface area is 165 Å². The van der Waals surface area contributed by atoms with E-state index in [4.69, 9.17) is 4.98 Å². The van der Waals surface area contributed by atoms with E-state index in [0.717, 1.165) is 0 Å². The summed E-state index contributed by atoms with van der Waals surface area (Å²) in [7, 11) is 0. The maximum absolute atomic E-state index is 12.4. The van der Waals surface area contributed by atoms with Crippen molar-refractivity contribution in [2.24, 2.45) is 5.92 Å². The predicted octanol–water partition coefficient (Wildman–Crippen LogP) is 1.96. The van der Waals surface area contributed by atoms with E-state index in [0.29, 0.717) is 48.1 Å². The molecule has 0 saturated carbocycles. The molecule has 1 aliphatic rings. The lowest BCUT2D eigenvalue weighted by Crippen LogP contribution is -2.57. The van der Waals surface area contributed by atoms with Crippen LogP contribution in [-0.2, 0) is 4.79 Å². The zero-order valence-corrected chi connectivity index (χ0v) is 16.9. The Morgan fingerprint density at radius 1 is 1.32 bits per heavy atom. The highest BCUT2D eigenvalue weighted by molar-refractivity contribution is 6.04. The number of aromatic amines is 1. The molecule has 3 heterocycles. The van der Waals surface area contributed by atoms with Crippen molar-refractivity contribution < 1.29 is 9.59 Å². The van der Waals surface area contributed by atoms with E-state index in [9.17, 15) is 9.59 Å². The Morgan fingerprint density at radius 2 is 2.07 bits per heavy atom. The van der Waals surface area contributed by atoms with Gasteiger partial charge >= 0.3 is 0 Å². The molecule has 1 atom stereocenters. The zero-order valence-electron chi connectivity index (χ0n) is 16.9. The summed E-state index contributed by atoms with van der Waals surface area (Å²) in [5.41, 5.74) is 1.62. The van der Waals surface area contributed by atoms with Crippen molar-refractivity contribution >= 4 is 28.8 Å². The fraction of sp³-hybridized carbons (Fsp3) is 0.500. The van der Waals surface area contributed by atoms with Gasteiger partial charge in [0.05, 0.1) is 17.8 Å². The molecule has 0 aliphatic carbocycles.